The minimum absolute atomic E-state index is 0.410. The summed E-state index contributed by atoms with van der Waals surface area (Å²) in [6, 6.07) is 7.71. The van der Waals surface area contributed by atoms with Crippen LogP contribution < -0.4 is 16.0 Å². The predicted molar refractivity (Wildman–Crippen MR) is 49.8 cm³/mol. The SMILES string of the molecule is NC1NCc2ccccc2N1C=O. The smallest absolute Gasteiger partial charge is 0.216 e. The van der Waals surface area contributed by atoms with Gasteiger partial charge in [0.1, 0.15) is 6.29 Å². The summed E-state index contributed by atoms with van der Waals surface area (Å²) in [5.41, 5.74) is 7.67. The van der Waals surface area contributed by atoms with E-state index in [0.717, 1.165) is 17.7 Å². The quantitative estimate of drug-likeness (QED) is 0.593. The van der Waals surface area contributed by atoms with Crippen molar-refractivity contribution in [2.45, 2.75) is 12.8 Å². The molecule has 68 valence electrons. The minimum atomic E-state index is -0.410. The Morgan fingerprint density at radius 1 is 1.54 bits per heavy atom. The number of hydrogen-bond donors (Lipinski definition) is 2. The molecule has 0 saturated heterocycles. The van der Waals surface area contributed by atoms with Crippen molar-refractivity contribution in [3.63, 3.8) is 0 Å². The highest BCUT2D eigenvalue weighted by molar-refractivity contribution is 5.78. The minimum Gasteiger partial charge on any atom is -0.298 e. The molecule has 1 aromatic carbocycles. The van der Waals surface area contributed by atoms with E-state index in [9.17, 15) is 4.79 Å². The monoisotopic (exact) mass is 177 g/mol. The zero-order valence-electron chi connectivity index (χ0n) is 7.10. The van der Waals surface area contributed by atoms with Crippen LogP contribution in [0.25, 0.3) is 0 Å². The van der Waals surface area contributed by atoms with E-state index in [2.05, 4.69) is 5.32 Å². The average molecular weight is 177 g/mol. The number of carbonyl (C=O) groups excluding carboxylic acids is 1. The number of hydrogen-bond acceptors (Lipinski definition) is 3. The largest absolute Gasteiger partial charge is 0.298 e. The van der Waals surface area contributed by atoms with Gasteiger partial charge in [0.2, 0.25) is 6.41 Å². The van der Waals surface area contributed by atoms with Crippen LogP contribution in [0.15, 0.2) is 24.3 Å². The van der Waals surface area contributed by atoms with E-state index in [1.165, 1.54) is 4.90 Å². The fourth-order valence-corrected chi connectivity index (χ4v) is 1.50. The molecule has 1 aromatic rings. The molecule has 0 fully saturated rings. The molecule has 1 aliphatic heterocycles. The van der Waals surface area contributed by atoms with Crippen molar-refractivity contribution in [3.05, 3.63) is 29.8 Å². The summed E-state index contributed by atoms with van der Waals surface area (Å²) in [5, 5.41) is 3.01. The summed E-state index contributed by atoms with van der Waals surface area (Å²) in [7, 11) is 0. The Hall–Kier alpha value is -1.39. The lowest BCUT2D eigenvalue weighted by atomic mass is 10.1. The number of fused-ring (bicyclic) bond motifs is 1. The van der Waals surface area contributed by atoms with E-state index >= 15 is 0 Å². The lowest BCUT2D eigenvalue weighted by Crippen LogP contribution is -2.54. The molecular formula is C9H11N3O. The van der Waals surface area contributed by atoms with Gasteiger partial charge in [-0.1, -0.05) is 18.2 Å². The Morgan fingerprint density at radius 3 is 3.08 bits per heavy atom. The highest BCUT2D eigenvalue weighted by Crippen LogP contribution is 2.22. The first-order valence-electron chi connectivity index (χ1n) is 4.13. The van der Waals surface area contributed by atoms with Crippen LogP contribution >= 0.6 is 0 Å². The zero-order valence-corrected chi connectivity index (χ0v) is 7.10. The lowest BCUT2D eigenvalue weighted by Gasteiger charge is -2.32. The van der Waals surface area contributed by atoms with Crippen molar-refractivity contribution < 1.29 is 4.79 Å². The number of anilines is 1. The summed E-state index contributed by atoms with van der Waals surface area (Å²) in [4.78, 5) is 12.2. The second-order valence-electron chi connectivity index (χ2n) is 2.97. The van der Waals surface area contributed by atoms with Crippen LogP contribution in [0.3, 0.4) is 0 Å². The molecule has 3 N–H and O–H groups in total. The summed E-state index contributed by atoms with van der Waals surface area (Å²) >= 11 is 0. The van der Waals surface area contributed by atoms with Crippen molar-refractivity contribution >= 4 is 12.1 Å². The first kappa shape index (κ1) is 8.22. The van der Waals surface area contributed by atoms with E-state index in [1.807, 2.05) is 24.3 Å². The maximum atomic E-state index is 10.7. The second kappa shape index (κ2) is 3.16. The summed E-state index contributed by atoms with van der Waals surface area (Å²) in [5.74, 6) is 0. The van der Waals surface area contributed by atoms with Crippen LogP contribution in [-0.2, 0) is 11.3 Å². The Balaban J connectivity index is 2.45. The van der Waals surface area contributed by atoms with Gasteiger partial charge in [0.15, 0.2) is 0 Å². The van der Waals surface area contributed by atoms with Gasteiger partial charge in [-0.2, -0.15) is 0 Å². The third-order valence-electron chi connectivity index (χ3n) is 2.18. The standard InChI is InChI=1S/C9H11N3O/c10-9-11-5-7-3-1-2-4-8(7)12(9)6-13/h1-4,6,9,11H,5,10H2. The first-order valence-corrected chi connectivity index (χ1v) is 4.13. The molecule has 0 spiro atoms. The number of nitrogens with one attached hydrogen (secondary N) is 1. The number of rotatable bonds is 1. The van der Waals surface area contributed by atoms with Crippen molar-refractivity contribution in [1.82, 2.24) is 5.32 Å². The Kier molecular flexibility index (Phi) is 2.00. The molecule has 1 amide bonds. The molecule has 0 bridgehead atoms. The highest BCUT2D eigenvalue weighted by Gasteiger charge is 2.21. The number of carbonyl (C=O) groups is 1. The van der Waals surface area contributed by atoms with Gasteiger partial charge in [-0.05, 0) is 11.6 Å². The number of benzene rings is 1. The molecule has 1 aliphatic rings. The lowest BCUT2D eigenvalue weighted by molar-refractivity contribution is -0.108. The normalized spacial score (nSPS) is 21.0. The number of amides is 1. The molecule has 1 heterocycles. The maximum Gasteiger partial charge on any atom is 0.216 e. The van der Waals surface area contributed by atoms with Crippen LogP contribution in [0.2, 0.25) is 0 Å². The van der Waals surface area contributed by atoms with Gasteiger partial charge in [0.05, 0.1) is 5.69 Å². The number of nitrogens with two attached hydrogens (primary N) is 1. The van der Waals surface area contributed by atoms with Crippen molar-refractivity contribution in [2.24, 2.45) is 5.73 Å². The van der Waals surface area contributed by atoms with Gasteiger partial charge in [-0.25, -0.2) is 0 Å². The third-order valence-corrected chi connectivity index (χ3v) is 2.18. The van der Waals surface area contributed by atoms with Gasteiger partial charge in [-0.3, -0.25) is 20.7 Å². The molecule has 4 nitrogen and oxygen atoms in total. The molecule has 0 aliphatic carbocycles. The molecule has 1 atom stereocenters. The third kappa shape index (κ3) is 1.30. The van der Waals surface area contributed by atoms with E-state index in [4.69, 9.17) is 5.73 Å². The van der Waals surface area contributed by atoms with Gasteiger partial charge >= 0.3 is 0 Å². The van der Waals surface area contributed by atoms with E-state index in [0.29, 0.717) is 6.54 Å². The molecular weight excluding hydrogens is 166 g/mol. The van der Waals surface area contributed by atoms with Crippen LogP contribution in [0, 0.1) is 0 Å². The average Bonchev–Trinajstić information content (AvgIpc) is 2.18. The second-order valence-corrected chi connectivity index (χ2v) is 2.97. The Bertz CT molecular complexity index is 326. The molecule has 13 heavy (non-hydrogen) atoms. The topological polar surface area (TPSA) is 58.4 Å². The molecule has 2 rings (SSSR count). The Morgan fingerprint density at radius 2 is 2.31 bits per heavy atom. The summed E-state index contributed by atoms with van der Waals surface area (Å²) < 4.78 is 0. The highest BCUT2D eigenvalue weighted by atomic mass is 16.1. The van der Waals surface area contributed by atoms with Crippen molar-refractivity contribution in [3.8, 4) is 0 Å². The molecule has 0 aromatic heterocycles. The van der Waals surface area contributed by atoms with E-state index < -0.39 is 6.29 Å². The van der Waals surface area contributed by atoms with Gasteiger partial charge in [-0.15, -0.1) is 0 Å². The molecule has 0 radical (unpaired) electrons. The van der Waals surface area contributed by atoms with Gasteiger partial charge in [0.25, 0.3) is 0 Å². The van der Waals surface area contributed by atoms with Crippen LogP contribution in [-0.4, -0.2) is 12.7 Å². The zero-order chi connectivity index (χ0) is 9.26. The first-order chi connectivity index (χ1) is 6.33. The fraction of sp³-hybridized carbons (Fsp3) is 0.222. The molecule has 4 heteroatoms. The molecule has 1 unspecified atom stereocenters. The van der Waals surface area contributed by atoms with Crippen LogP contribution in [0.1, 0.15) is 5.56 Å². The fourth-order valence-electron chi connectivity index (χ4n) is 1.50. The number of para-hydroxylation sites is 1. The van der Waals surface area contributed by atoms with Crippen molar-refractivity contribution in [2.75, 3.05) is 4.90 Å². The summed E-state index contributed by atoms with van der Waals surface area (Å²) in [6.07, 6.45) is 0.336. The maximum absolute atomic E-state index is 10.7. The van der Waals surface area contributed by atoms with Crippen molar-refractivity contribution in [1.29, 1.82) is 0 Å². The van der Waals surface area contributed by atoms with Gasteiger partial charge < -0.3 is 0 Å². The Labute approximate surface area is 76.3 Å². The summed E-state index contributed by atoms with van der Waals surface area (Å²) in [6.45, 7) is 0.710. The van der Waals surface area contributed by atoms with Crippen LogP contribution in [0.5, 0.6) is 0 Å². The van der Waals surface area contributed by atoms with E-state index in [-0.39, 0.29) is 0 Å². The van der Waals surface area contributed by atoms with E-state index in [1.54, 1.807) is 0 Å². The predicted octanol–water partition coefficient (Wildman–Crippen LogP) is -0.00510. The van der Waals surface area contributed by atoms with Gasteiger partial charge in [0, 0.05) is 6.54 Å². The molecule has 0 saturated carbocycles. The van der Waals surface area contributed by atoms with Crippen LogP contribution in [0.4, 0.5) is 5.69 Å². The number of nitrogens with zero attached hydrogens (tertiary/aromatic N) is 1.